The first kappa shape index (κ1) is 19.2. The minimum atomic E-state index is -3.88. The number of carbonyl (C=O) groups excluding carboxylic acids is 1. The van der Waals surface area contributed by atoms with Gasteiger partial charge in [-0.1, -0.05) is 0 Å². The lowest BCUT2D eigenvalue weighted by atomic mass is 10.1. The van der Waals surface area contributed by atoms with Gasteiger partial charge in [0.1, 0.15) is 22.9 Å². The summed E-state index contributed by atoms with van der Waals surface area (Å²) in [4.78, 5) is 31.7. The highest BCUT2D eigenvalue weighted by atomic mass is 32.2. The SMILES string of the molecule is CS(=O)(=O)c1nc(N)c2c(=O)c(C(N)=O)cn(C3O[C@H](CO)C[C@H]3O)c2n1. The van der Waals surface area contributed by atoms with E-state index in [1.165, 1.54) is 0 Å². The summed E-state index contributed by atoms with van der Waals surface area (Å²) in [5, 5.41) is 18.5. The van der Waals surface area contributed by atoms with Gasteiger partial charge in [0.25, 0.3) is 11.1 Å². The second-order valence-electron chi connectivity index (χ2n) is 6.14. The number of sulfone groups is 1. The van der Waals surface area contributed by atoms with Crippen molar-refractivity contribution < 1.29 is 28.2 Å². The van der Waals surface area contributed by atoms with Crippen molar-refractivity contribution in [1.29, 1.82) is 0 Å². The van der Waals surface area contributed by atoms with Crippen molar-refractivity contribution in [2.75, 3.05) is 18.6 Å². The average Bonchev–Trinajstić information content (AvgIpc) is 2.94. The smallest absolute Gasteiger partial charge is 0.254 e. The first-order chi connectivity index (χ1) is 12.5. The van der Waals surface area contributed by atoms with Gasteiger partial charge in [0.2, 0.25) is 15.3 Å². The fraction of sp³-hybridized carbons (Fsp3) is 0.429. The number of primary amides is 1. The number of nitrogens with zero attached hydrogens (tertiary/aromatic N) is 3. The number of amides is 1. The molecule has 1 unspecified atom stereocenters. The van der Waals surface area contributed by atoms with Gasteiger partial charge in [-0.15, -0.1) is 0 Å². The Bertz CT molecular complexity index is 1100. The van der Waals surface area contributed by atoms with E-state index in [1.54, 1.807) is 0 Å². The summed E-state index contributed by atoms with van der Waals surface area (Å²) >= 11 is 0. The molecule has 13 heteroatoms. The van der Waals surface area contributed by atoms with Crippen LogP contribution in [0, 0.1) is 0 Å². The van der Waals surface area contributed by atoms with Crippen LogP contribution in [0.15, 0.2) is 16.1 Å². The van der Waals surface area contributed by atoms with Crippen molar-refractivity contribution in [2.24, 2.45) is 5.73 Å². The van der Waals surface area contributed by atoms with E-state index >= 15 is 0 Å². The third kappa shape index (κ3) is 3.25. The molecule has 27 heavy (non-hydrogen) atoms. The molecule has 3 atom stereocenters. The van der Waals surface area contributed by atoms with Gasteiger partial charge in [-0.25, -0.2) is 13.4 Å². The molecule has 12 nitrogen and oxygen atoms in total. The Labute approximate surface area is 152 Å². The third-order valence-corrected chi connectivity index (χ3v) is 4.97. The molecule has 1 aliphatic heterocycles. The molecular formula is C14H17N5O7S. The van der Waals surface area contributed by atoms with Crippen LogP contribution in [0.1, 0.15) is 23.0 Å². The van der Waals surface area contributed by atoms with Crippen LogP contribution in [-0.4, -0.2) is 64.1 Å². The van der Waals surface area contributed by atoms with Crippen molar-refractivity contribution in [3.8, 4) is 0 Å². The second-order valence-corrected chi connectivity index (χ2v) is 8.05. The molecule has 0 aliphatic carbocycles. The maximum absolute atomic E-state index is 12.6. The second kappa shape index (κ2) is 6.53. The van der Waals surface area contributed by atoms with Crippen molar-refractivity contribution in [2.45, 2.75) is 30.0 Å². The molecule has 146 valence electrons. The molecule has 1 amide bonds. The maximum Gasteiger partial charge on any atom is 0.254 e. The summed E-state index contributed by atoms with van der Waals surface area (Å²) in [5.41, 5.74) is 9.40. The lowest BCUT2D eigenvalue weighted by molar-refractivity contribution is -0.0488. The van der Waals surface area contributed by atoms with Gasteiger partial charge in [0, 0.05) is 18.9 Å². The number of hydrogen-bond acceptors (Lipinski definition) is 10. The van der Waals surface area contributed by atoms with E-state index in [2.05, 4.69) is 9.97 Å². The lowest BCUT2D eigenvalue weighted by Crippen LogP contribution is -2.29. The first-order valence-corrected chi connectivity index (χ1v) is 9.60. The number of pyridine rings is 1. The van der Waals surface area contributed by atoms with E-state index in [1.807, 2.05) is 0 Å². The predicted octanol–water partition coefficient (Wildman–Crippen LogP) is -2.48. The molecule has 0 radical (unpaired) electrons. The monoisotopic (exact) mass is 399 g/mol. The lowest BCUT2D eigenvalue weighted by Gasteiger charge is -2.21. The molecule has 1 aliphatic rings. The Kier molecular flexibility index (Phi) is 4.63. The minimum absolute atomic E-state index is 0.0696. The number of anilines is 1. The normalized spacial score (nSPS) is 23.0. The van der Waals surface area contributed by atoms with Crippen LogP contribution in [0.2, 0.25) is 0 Å². The number of fused-ring (bicyclic) bond motifs is 1. The van der Waals surface area contributed by atoms with Crippen LogP contribution in [-0.2, 0) is 14.6 Å². The third-order valence-electron chi connectivity index (χ3n) is 4.12. The van der Waals surface area contributed by atoms with Crippen molar-refractivity contribution in [3.05, 3.63) is 22.0 Å². The summed E-state index contributed by atoms with van der Waals surface area (Å²) in [6.07, 6.45) is -1.06. The van der Waals surface area contributed by atoms with Gasteiger partial charge in [-0.05, 0) is 0 Å². The van der Waals surface area contributed by atoms with E-state index in [-0.39, 0.29) is 24.1 Å². The van der Waals surface area contributed by atoms with Crippen molar-refractivity contribution in [3.63, 3.8) is 0 Å². The van der Waals surface area contributed by atoms with Crippen molar-refractivity contribution >= 4 is 32.6 Å². The summed E-state index contributed by atoms with van der Waals surface area (Å²) in [6.45, 7) is -0.375. The highest BCUT2D eigenvalue weighted by Gasteiger charge is 2.36. The van der Waals surface area contributed by atoms with Crippen LogP contribution >= 0.6 is 0 Å². The Balaban J connectivity index is 2.40. The number of aliphatic hydroxyl groups is 2. The summed E-state index contributed by atoms with van der Waals surface area (Å²) in [7, 11) is -3.88. The van der Waals surface area contributed by atoms with Crippen LogP contribution < -0.4 is 16.9 Å². The van der Waals surface area contributed by atoms with Gasteiger partial charge in [0.15, 0.2) is 11.9 Å². The fourth-order valence-electron chi connectivity index (χ4n) is 2.88. The Morgan fingerprint density at radius 1 is 1.44 bits per heavy atom. The summed E-state index contributed by atoms with van der Waals surface area (Å²) in [6, 6.07) is 0. The molecular weight excluding hydrogens is 382 g/mol. The van der Waals surface area contributed by atoms with Gasteiger partial charge >= 0.3 is 0 Å². The van der Waals surface area contributed by atoms with Crippen molar-refractivity contribution in [1.82, 2.24) is 14.5 Å². The fourth-order valence-corrected chi connectivity index (χ4v) is 3.39. The topological polar surface area (TPSA) is 201 Å². The number of hydrogen-bond donors (Lipinski definition) is 4. The van der Waals surface area contributed by atoms with E-state index in [0.29, 0.717) is 0 Å². The zero-order chi connectivity index (χ0) is 20.1. The average molecular weight is 399 g/mol. The number of rotatable bonds is 4. The van der Waals surface area contributed by atoms with Gasteiger partial charge < -0.3 is 31.0 Å². The molecule has 0 saturated carbocycles. The molecule has 1 fully saturated rings. The van der Waals surface area contributed by atoms with Crippen LogP contribution in [0.3, 0.4) is 0 Å². The molecule has 0 spiro atoms. The highest BCUT2D eigenvalue weighted by molar-refractivity contribution is 7.90. The Hall–Kier alpha value is -2.61. The highest BCUT2D eigenvalue weighted by Crippen LogP contribution is 2.31. The summed E-state index contributed by atoms with van der Waals surface area (Å²) < 4.78 is 30.3. The number of nitrogen functional groups attached to an aromatic ring is 1. The molecule has 1 saturated heterocycles. The Morgan fingerprint density at radius 2 is 2.11 bits per heavy atom. The Morgan fingerprint density at radius 3 is 2.63 bits per heavy atom. The first-order valence-electron chi connectivity index (χ1n) is 7.71. The van der Waals surface area contributed by atoms with E-state index < -0.39 is 56.1 Å². The number of ether oxygens (including phenoxy) is 1. The molecule has 3 heterocycles. The standard InChI is InChI=1S/C14H17N5O7S/c1-27(24,25)14-17-10(15)8-9(22)6(11(16)23)3-19(12(8)18-14)13-7(21)2-5(4-20)26-13/h3,5,7,13,20-21H,2,4H2,1H3,(H2,16,23)(H2,15,17,18)/t5-,7+,13?/m0/s1. The minimum Gasteiger partial charge on any atom is -0.394 e. The molecule has 2 aromatic rings. The van der Waals surface area contributed by atoms with Crippen LogP contribution in [0.25, 0.3) is 11.0 Å². The largest absolute Gasteiger partial charge is 0.394 e. The van der Waals surface area contributed by atoms with E-state index in [4.69, 9.17) is 16.2 Å². The molecule has 0 bridgehead atoms. The zero-order valence-electron chi connectivity index (χ0n) is 14.1. The van der Waals surface area contributed by atoms with Crippen LogP contribution in [0.5, 0.6) is 0 Å². The van der Waals surface area contributed by atoms with Gasteiger partial charge in [-0.2, -0.15) is 4.98 Å². The molecule has 6 N–H and O–H groups in total. The molecule has 0 aromatic carbocycles. The van der Waals surface area contributed by atoms with Gasteiger partial charge in [-0.3, -0.25) is 9.59 Å². The summed E-state index contributed by atoms with van der Waals surface area (Å²) in [5.74, 6) is -1.53. The number of aromatic nitrogens is 3. The van der Waals surface area contributed by atoms with E-state index in [0.717, 1.165) is 17.0 Å². The number of carbonyl (C=O) groups is 1. The zero-order valence-corrected chi connectivity index (χ0v) is 14.9. The van der Waals surface area contributed by atoms with Crippen LogP contribution in [0.4, 0.5) is 5.82 Å². The number of nitrogens with two attached hydrogens (primary N) is 2. The maximum atomic E-state index is 12.6. The number of aliphatic hydroxyl groups excluding tert-OH is 2. The van der Waals surface area contributed by atoms with E-state index in [9.17, 15) is 28.2 Å². The predicted molar refractivity (Wildman–Crippen MR) is 91.5 cm³/mol. The molecule has 3 rings (SSSR count). The molecule has 2 aromatic heterocycles. The quantitative estimate of drug-likeness (QED) is 0.399. The van der Waals surface area contributed by atoms with Gasteiger partial charge in [0.05, 0.1) is 12.7 Å².